The predicted molar refractivity (Wildman–Crippen MR) is 212 cm³/mol. The number of ketones is 1. The summed E-state index contributed by atoms with van der Waals surface area (Å²) in [5, 5.41) is 10.8. The Hall–Kier alpha value is -5.58. The van der Waals surface area contributed by atoms with Gasteiger partial charge in [0.05, 0.1) is 32.6 Å². The summed E-state index contributed by atoms with van der Waals surface area (Å²) >= 11 is 0. The van der Waals surface area contributed by atoms with Gasteiger partial charge in [0.25, 0.3) is 0 Å². The predicted octanol–water partition coefficient (Wildman–Crippen LogP) is 7.76. The summed E-state index contributed by atoms with van der Waals surface area (Å²) in [5.41, 5.74) is -8.12. The number of carbonyl (C=O) groups excluding carboxylic acids is 7. The number of nitriles is 1. The van der Waals surface area contributed by atoms with Gasteiger partial charge in [0.15, 0.2) is 28.8 Å². The first-order chi connectivity index (χ1) is 26.7. The lowest BCUT2D eigenvalue weighted by atomic mass is 9.66. The van der Waals surface area contributed by atoms with E-state index in [2.05, 4.69) is 0 Å². The van der Waals surface area contributed by atoms with Crippen molar-refractivity contribution in [2.45, 2.75) is 123 Å². The molecule has 14 nitrogen and oxygen atoms in total. The maximum absolute atomic E-state index is 14.6. The summed E-state index contributed by atoms with van der Waals surface area (Å²) in [6, 6.07) is 6.43. The molecule has 4 rings (SSSR count). The van der Waals surface area contributed by atoms with Gasteiger partial charge in [0.2, 0.25) is 0 Å². The van der Waals surface area contributed by atoms with Crippen LogP contribution in [0.2, 0.25) is 0 Å². The van der Waals surface area contributed by atoms with E-state index in [0.717, 1.165) is 0 Å². The molecule has 2 aliphatic rings. The molecule has 318 valence electrons. The number of hydrogen-bond acceptors (Lipinski definition) is 14. The Morgan fingerprint density at radius 1 is 0.627 bits per heavy atom. The van der Waals surface area contributed by atoms with Gasteiger partial charge in [-0.3, -0.25) is 33.6 Å². The van der Waals surface area contributed by atoms with E-state index in [1.807, 2.05) is 6.07 Å². The quantitative estimate of drug-likeness (QED) is 0.149. The third kappa shape index (κ3) is 9.04. The highest BCUT2D eigenvalue weighted by molar-refractivity contribution is 6.14. The van der Waals surface area contributed by atoms with E-state index in [0.29, 0.717) is 0 Å². The van der Waals surface area contributed by atoms with Gasteiger partial charge in [-0.15, -0.1) is 0 Å². The lowest BCUT2D eigenvalue weighted by Crippen LogP contribution is -2.42. The molecule has 59 heavy (non-hydrogen) atoms. The number of rotatable bonds is 7. The molecule has 1 aliphatic heterocycles. The Kier molecular flexibility index (Phi) is 11.9. The molecule has 0 spiro atoms. The molecule has 2 aromatic rings. The minimum absolute atomic E-state index is 0.0436. The molecule has 2 aromatic carbocycles. The molecule has 1 fully saturated rings. The number of carbonyl (C=O) groups is 7. The van der Waals surface area contributed by atoms with E-state index in [9.17, 15) is 38.8 Å². The van der Waals surface area contributed by atoms with Gasteiger partial charge in [-0.25, -0.2) is 0 Å². The van der Waals surface area contributed by atoms with Gasteiger partial charge in [0, 0.05) is 17.0 Å². The van der Waals surface area contributed by atoms with Crippen LogP contribution in [0.5, 0.6) is 28.7 Å². The van der Waals surface area contributed by atoms with Gasteiger partial charge in [0.1, 0.15) is 28.9 Å². The zero-order valence-electron chi connectivity index (χ0n) is 36.8. The van der Waals surface area contributed by atoms with E-state index < -0.39 is 121 Å². The van der Waals surface area contributed by atoms with Gasteiger partial charge >= 0.3 is 35.8 Å². The summed E-state index contributed by atoms with van der Waals surface area (Å²) < 4.78 is 35.6. The van der Waals surface area contributed by atoms with Crippen molar-refractivity contribution in [3.05, 3.63) is 40.5 Å². The smallest absolute Gasteiger partial charge is 0.318 e. The number of nitrogens with zero attached hydrogens (tertiary/aromatic N) is 1. The van der Waals surface area contributed by atoms with Crippen LogP contribution in [0.25, 0.3) is 0 Å². The Bertz CT molecular complexity index is 2110. The maximum atomic E-state index is 14.6. The van der Waals surface area contributed by atoms with Gasteiger partial charge in [-0.05, 0) is 123 Å². The molecule has 0 N–H and O–H groups in total. The topological polar surface area (TPSA) is 199 Å². The zero-order valence-corrected chi connectivity index (χ0v) is 36.8. The minimum atomic E-state index is -1.65. The SMILES string of the molecule is CC(C)(C)C(=O)Oc1cccc2c1C(=O)[C@@H]1C(=O)O[C@@]2(C)[C@H]1Cc1c(OC(=O)C(C)(C)C)c(OC(=O)C(C)(C)C)c(C#N)c(OC(=O)C(C)(C)C)c1OC(=O)C(C)(C)C. The fraction of sp³-hybridized carbons (Fsp3) is 0.556. The highest BCUT2D eigenvalue weighted by Crippen LogP contribution is 2.58. The molecule has 2 bridgehead atoms. The van der Waals surface area contributed by atoms with Crippen molar-refractivity contribution in [2.75, 3.05) is 0 Å². The standard InChI is InChI=1S/C45H55NO13/c1-40(2,3)35(49)54-26-19-17-18-24-27(26)29(47)28-25(45(24,16)59-34(28)48)20-22-30(55-36(50)41(4,5)6)32(57-38(52)43(10,11)12)23(21-46)33(58-39(53)44(13,14)15)31(22)56-37(51)42(7,8)9/h17-19,25,28H,20H2,1-16H3/t25-,28+,45+/m0/s1. The first-order valence-electron chi connectivity index (χ1n) is 19.3. The lowest BCUT2D eigenvalue weighted by molar-refractivity contribution is -0.150. The number of hydrogen-bond donors (Lipinski definition) is 0. The van der Waals surface area contributed by atoms with Crippen LogP contribution in [0.1, 0.15) is 138 Å². The largest absolute Gasteiger partial charge is 0.454 e. The summed E-state index contributed by atoms with van der Waals surface area (Å²) in [7, 11) is 0. The Morgan fingerprint density at radius 3 is 1.37 bits per heavy atom. The fourth-order valence-corrected chi connectivity index (χ4v) is 5.99. The molecule has 14 heteroatoms. The second-order valence-corrected chi connectivity index (χ2v) is 20.3. The summed E-state index contributed by atoms with van der Waals surface area (Å²) in [4.78, 5) is 96.5. The fourth-order valence-electron chi connectivity index (χ4n) is 5.99. The lowest BCUT2D eigenvalue weighted by Gasteiger charge is -2.37. The van der Waals surface area contributed by atoms with Crippen molar-refractivity contribution in [3.8, 4) is 34.8 Å². The zero-order chi connectivity index (χ0) is 45.2. The van der Waals surface area contributed by atoms with Gasteiger partial charge in [-0.2, -0.15) is 5.26 Å². The molecule has 3 atom stereocenters. The number of ether oxygens (including phenoxy) is 6. The summed E-state index contributed by atoms with van der Waals surface area (Å²) in [6.45, 7) is 25.1. The van der Waals surface area contributed by atoms with E-state index in [1.165, 1.54) is 12.1 Å². The highest BCUT2D eigenvalue weighted by Gasteiger charge is 2.62. The van der Waals surface area contributed by atoms with E-state index in [-0.39, 0.29) is 22.4 Å². The van der Waals surface area contributed by atoms with Crippen LogP contribution >= 0.6 is 0 Å². The van der Waals surface area contributed by atoms with Gasteiger partial charge < -0.3 is 28.4 Å². The Morgan fingerprint density at radius 2 is 1.00 bits per heavy atom. The average molecular weight is 818 g/mol. The minimum Gasteiger partial charge on any atom is -0.454 e. The van der Waals surface area contributed by atoms with Crippen molar-refractivity contribution in [1.82, 2.24) is 0 Å². The molecule has 0 amide bonds. The van der Waals surface area contributed by atoms with Crippen LogP contribution in [-0.4, -0.2) is 41.6 Å². The van der Waals surface area contributed by atoms with E-state index in [1.54, 1.807) is 117 Å². The first-order valence-corrected chi connectivity index (χ1v) is 19.3. The first kappa shape index (κ1) is 46.1. The maximum Gasteiger partial charge on any atom is 0.318 e. The van der Waals surface area contributed by atoms with Crippen LogP contribution in [0, 0.1) is 50.2 Å². The number of fused-ring (bicyclic) bond motifs is 4. The molecule has 1 heterocycles. The van der Waals surface area contributed by atoms with E-state index >= 15 is 0 Å². The molecule has 0 radical (unpaired) electrons. The number of Topliss-reactive ketones (excluding diaryl/α,β-unsaturated/α-hetero) is 1. The average Bonchev–Trinajstić information content (AvgIpc) is 3.28. The summed E-state index contributed by atoms with van der Waals surface area (Å²) in [5.74, 6) is -11.0. The molecule has 1 saturated heterocycles. The van der Waals surface area contributed by atoms with Crippen LogP contribution in [-0.2, 0) is 45.5 Å². The van der Waals surface area contributed by atoms with Crippen molar-refractivity contribution >= 4 is 41.6 Å². The number of benzene rings is 2. The number of esters is 6. The van der Waals surface area contributed by atoms with Gasteiger partial charge in [-0.1, -0.05) is 12.1 Å². The monoisotopic (exact) mass is 817 g/mol. The second kappa shape index (κ2) is 15.2. The van der Waals surface area contributed by atoms with Crippen molar-refractivity contribution < 1.29 is 62.0 Å². The second-order valence-electron chi connectivity index (χ2n) is 20.3. The van der Waals surface area contributed by atoms with Crippen molar-refractivity contribution in [1.29, 1.82) is 5.26 Å². The molecule has 1 aliphatic carbocycles. The van der Waals surface area contributed by atoms with Crippen molar-refractivity contribution in [3.63, 3.8) is 0 Å². The molecule has 0 unspecified atom stereocenters. The Labute approximate surface area is 345 Å². The Balaban J connectivity index is 2.19. The molecule has 0 saturated carbocycles. The molecular weight excluding hydrogens is 762 g/mol. The highest BCUT2D eigenvalue weighted by atomic mass is 16.6. The molecule has 0 aromatic heterocycles. The van der Waals surface area contributed by atoms with E-state index in [4.69, 9.17) is 28.4 Å². The van der Waals surface area contributed by atoms with Crippen molar-refractivity contribution in [2.24, 2.45) is 38.9 Å². The van der Waals surface area contributed by atoms with Crippen LogP contribution in [0.3, 0.4) is 0 Å². The molecular formula is C45H55NO13. The third-order valence-corrected chi connectivity index (χ3v) is 9.76. The third-order valence-electron chi connectivity index (χ3n) is 9.76. The van der Waals surface area contributed by atoms with Crippen LogP contribution in [0.4, 0.5) is 0 Å². The van der Waals surface area contributed by atoms with Crippen LogP contribution < -0.4 is 23.7 Å². The summed E-state index contributed by atoms with van der Waals surface area (Å²) in [6.07, 6.45) is -0.491. The normalized spacial score (nSPS) is 19.2. The van der Waals surface area contributed by atoms with Crippen LogP contribution in [0.15, 0.2) is 18.2 Å².